The number of halogens is 1. The molecule has 1 saturated heterocycles. The monoisotopic (exact) mass is 239 g/mol. The fourth-order valence-corrected chi connectivity index (χ4v) is 2.40. The molecule has 2 rings (SSSR count). The molecule has 16 heavy (non-hydrogen) atoms. The van der Waals surface area contributed by atoms with E-state index in [9.17, 15) is 9.90 Å². The van der Waals surface area contributed by atoms with E-state index in [1.165, 1.54) is 0 Å². The minimum absolute atomic E-state index is 0.511. The number of carbonyl (C=O) groups excluding carboxylic acids is 1. The molecule has 1 heterocycles. The third kappa shape index (κ3) is 2.06. The Hall–Kier alpha value is -1.06. The number of aliphatic hydroxyl groups is 1. The third-order valence-electron chi connectivity index (χ3n) is 2.91. The lowest BCUT2D eigenvalue weighted by molar-refractivity contribution is 0.0839. The van der Waals surface area contributed by atoms with E-state index >= 15 is 0 Å². The number of anilines is 1. The van der Waals surface area contributed by atoms with Gasteiger partial charge in [0.25, 0.3) is 0 Å². The van der Waals surface area contributed by atoms with E-state index in [0.29, 0.717) is 23.6 Å². The van der Waals surface area contributed by atoms with Crippen LogP contribution >= 0.6 is 11.6 Å². The van der Waals surface area contributed by atoms with Crippen LogP contribution in [0.2, 0.25) is 5.02 Å². The standard InChI is InChI=1S/C12H14ClNO2/c1-12(16)5-6-14(8-12)11-9(7-15)3-2-4-10(11)13/h2-4,7,16H,5-6,8H2,1H3. The molecule has 0 bridgehead atoms. The van der Waals surface area contributed by atoms with Gasteiger partial charge in [-0.15, -0.1) is 0 Å². The van der Waals surface area contributed by atoms with Gasteiger partial charge in [0.1, 0.15) is 0 Å². The van der Waals surface area contributed by atoms with Gasteiger partial charge in [0.15, 0.2) is 6.29 Å². The molecule has 1 atom stereocenters. The second-order valence-corrected chi connectivity index (χ2v) is 4.87. The smallest absolute Gasteiger partial charge is 0.152 e. The Labute approximate surface area is 99.6 Å². The van der Waals surface area contributed by atoms with Gasteiger partial charge in [-0.25, -0.2) is 0 Å². The molecule has 0 aliphatic carbocycles. The molecular formula is C12H14ClNO2. The molecule has 0 aromatic heterocycles. The molecule has 86 valence electrons. The number of benzene rings is 1. The molecule has 0 amide bonds. The topological polar surface area (TPSA) is 40.5 Å². The summed E-state index contributed by atoms with van der Waals surface area (Å²) >= 11 is 6.10. The van der Waals surface area contributed by atoms with Crippen molar-refractivity contribution < 1.29 is 9.90 Å². The molecule has 1 aliphatic rings. The number of para-hydroxylation sites is 1. The minimum Gasteiger partial charge on any atom is -0.388 e. The summed E-state index contributed by atoms with van der Waals surface area (Å²) in [5.74, 6) is 0. The zero-order valence-electron chi connectivity index (χ0n) is 9.11. The molecule has 1 aliphatic heterocycles. The van der Waals surface area contributed by atoms with Crippen LogP contribution in [0.15, 0.2) is 18.2 Å². The number of hydrogen-bond donors (Lipinski definition) is 1. The molecule has 0 radical (unpaired) electrons. The fourth-order valence-electron chi connectivity index (χ4n) is 2.10. The van der Waals surface area contributed by atoms with Gasteiger partial charge < -0.3 is 10.0 Å². The number of rotatable bonds is 2. The molecule has 4 heteroatoms. The first-order valence-electron chi connectivity index (χ1n) is 5.24. The SMILES string of the molecule is CC1(O)CCN(c2c(Cl)cccc2C=O)C1. The number of nitrogens with zero attached hydrogens (tertiary/aromatic N) is 1. The predicted octanol–water partition coefficient (Wildman–Crippen LogP) is 2.11. The highest BCUT2D eigenvalue weighted by molar-refractivity contribution is 6.33. The van der Waals surface area contributed by atoms with Gasteiger partial charge >= 0.3 is 0 Å². The van der Waals surface area contributed by atoms with Gasteiger partial charge in [-0.1, -0.05) is 17.7 Å². The van der Waals surface area contributed by atoms with Crippen LogP contribution in [-0.4, -0.2) is 30.1 Å². The first-order valence-corrected chi connectivity index (χ1v) is 5.62. The highest BCUT2D eigenvalue weighted by Gasteiger charge is 2.33. The Morgan fingerprint density at radius 1 is 1.56 bits per heavy atom. The van der Waals surface area contributed by atoms with E-state index in [1.807, 2.05) is 4.90 Å². The average molecular weight is 240 g/mol. The van der Waals surface area contributed by atoms with E-state index in [0.717, 1.165) is 18.5 Å². The maximum Gasteiger partial charge on any atom is 0.152 e. The van der Waals surface area contributed by atoms with Crippen molar-refractivity contribution in [2.45, 2.75) is 18.9 Å². The van der Waals surface area contributed by atoms with E-state index in [2.05, 4.69) is 0 Å². The van der Waals surface area contributed by atoms with Crippen LogP contribution in [0.5, 0.6) is 0 Å². The molecule has 0 spiro atoms. The van der Waals surface area contributed by atoms with Crippen LogP contribution in [0.4, 0.5) is 5.69 Å². The summed E-state index contributed by atoms with van der Waals surface area (Å²) in [6.07, 6.45) is 1.49. The lowest BCUT2D eigenvalue weighted by atomic mass is 10.1. The summed E-state index contributed by atoms with van der Waals surface area (Å²) in [7, 11) is 0. The van der Waals surface area contributed by atoms with Gasteiger partial charge in [-0.3, -0.25) is 4.79 Å². The lowest BCUT2D eigenvalue weighted by Gasteiger charge is -2.23. The quantitative estimate of drug-likeness (QED) is 0.804. The van der Waals surface area contributed by atoms with Gasteiger partial charge in [0.05, 0.1) is 16.3 Å². The van der Waals surface area contributed by atoms with Gasteiger partial charge in [-0.2, -0.15) is 0 Å². The van der Waals surface area contributed by atoms with Gasteiger partial charge in [0.2, 0.25) is 0 Å². The Bertz CT molecular complexity index is 417. The van der Waals surface area contributed by atoms with Crippen LogP contribution < -0.4 is 4.90 Å². The average Bonchev–Trinajstić information content (AvgIpc) is 2.58. The van der Waals surface area contributed by atoms with E-state index in [4.69, 9.17) is 11.6 Å². The first kappa shape index (κ1) is 11.4. The summed E-state index contributed by atoms with van der Waals surface area (Å²) in [4.78, 5) is 12.9. The van der Waals surface area contributed by atoms with Crippen molar-refractivity contribution in [2.75, 3.05) is 18.0 Å². The van der Waals surface area contributed by atoms with Crippen molar-refractivity contribution in [3.8, 4) is 0 Å². The van der Waals surface area contributed by atoms with Gasteiger partial charge in [0, 0.05) is 18.7 Å². The fraction of sp³-hybridized carbons (Fsp3) is 0.417. The van der Waals surface area contributed by atoms with Crippen LogP contribution in [-0.2, 0) is 0 Å². The zero-order chi connectivity index (χ0) is 11.8. The van der Waals surface area contributed by atoms with Crippen molar-refractivity contribution in [2.24, 2.45) is 0 Å². The number of hydrogen-bond acceptors (Lipinski definition) is 3. The second kappa shape index (κ2) is 4.07. The predicted molar refractivity (Wildman–Crippen MR) is 64.3 cm³/mol. The number of β-amino-alcohol motifs (C(OH)–C–C–N with tert-alkyl or cyclic N) is 1. The van der Waals surface area contributed by atoms with Crippen molar-refractivity contribution >= 4 is 23.6 Å². The van der Waals surface area contributed by atoms with Crippen molar-refractivity contribution in [1.82, 2.24) is 0 Å². The Kier molecular flexibility index (Phi) is 2.91. The van der Waals surface area contributed by atoms with Crippen molar-refractivity contribution in [1.29, 1.82) is 0 Å². The molecule has 0 saturated carbocycles. The van der Waals surface area contributed by atoms with E-state index < -0.39 is 5.60 Å². The maximum atomic E-state index is 10.9. The highest BCUT2D eigenvalue weighted by Crippen LogP contribution is 2.34. The van der Waals surface area contributed by atoms with Crippen LogP contribution in [0.3, 0.4) is 0 Å². The maximum absolute atomic E-state index is 10.9. The van der Waals surface area contributed by atoms with E-state index in [-0.39, 0.29) is 0 Å². The summed E-state index contributed by atoms with van der Waals surface area (Å²) in [6.45, 7) is 3.03. The molecule has 1 fully saturated rings. The molecule has 1 unspecified atom stereocenters. The van der Waals surface area contributed by atoms with Crippen molar-refractivity contribution in [3.63, 3.8) is 0 Å². The largest absolute Gasteiger partial charge is 0.388 e. The van der Waals surface area contributed by atoms with Crippen molar-refractivity contribution in [3.05, 3.63) is 28.8 Å². The Balaban J connectivity index is 2.37. The lowest BCUT2D eigenvalue weighted by Crippen LogP contribution is -2.30. The third-order valence-corrected chi connectivity index (χ3v) is 3.22. The van der Waals surface area contributed by atoms with Crippen LogP contribution in [0, 0.1) is 0 Å². The van der Waals surface area contributed by atoms with Crippen LogP contribution in [0.25, 0.3) is 0 Å². The first-order chi connectivity index (χ1) is 7.53. The molecule has 1 N–H and O–H groups in total. The summed E-state index contributed by atoms with van der Waals surface area (Å²) in [5.41, 5.74) is 0.612. The number of carbonyl (C=O) groups is 1. The van der Waals surface area contributed by atoms with E-state index in [1.54, 1.807) is 25.1 Å². The molecule has 3 nitrogen and oxygen atoms in total. The normalized spacial score (nSPS) is 24.8. The Morgan fingerprint density at radius 3 is 2.88 bits per heavy atom. The molecule has 1 aromatic rings. The molecule has 1 aromatic carbocycles. The molecular weight excluding hydrogens is 226 g/mol. The Morgan fingerprint density at radius 2 is 2.31 bits per heavy atom. The van der Waals surface area contributed by atoms with Crippen LogP contribution in [0.1, 0.15) is 23.7 Å². The highest BCUT2D eigenvalue weighted by atomic mass is 35.5. The summed E-state index contributed by atoms with van der Waals surface area (Å²) in [6, 6.07) is 5.25. The minimum atomic E-state index is -0.695. The second-order valence-electron chi connectivity index (χ2n) is 4.46. The zero-order valence-corrected chi connectivity index (χ0v) is 9.87. The van der Waals surface area contributed by atoms with Gasteiger partial charge in [-0.05, 0) is 25.5 Å². The summed E-state index contributed by atoms with van der Waals surface area (Å²) in [5, 5.41) is 10.5. The summed E-state index contributed by atoms with van der Waals surface area (Å²) < 4.78 is 0. The number of aldehydes is 1.